The molecule has 2 heteroatoms. The fourth-order valence-electron chi connectivity index (χ4n) is 1.37. The molecule has 0 aromatic heterocycles. The lowest BCUT2D eigenvalue weighted by molar-refractivity contribution is 0.222. The van der Waals surface area contributed by atoms with E-state index in [2.05, 4.69) is 31.2 Å². The van der Waals surface area contributed by atoms with Crippen LogP contribution in [0.25, 0.3) is 0 Å². The van der Waals surface area contributed by atoms with E-state index in [0.29, 0.717) is 0 Å². The Balaban J connectivity index is 0. The van der Waals surface area contributed by atoms with E-state index >= 15 is 0 Å². The standard InChI is InChI=1S/C7H16N2.2C2H6/c1-6-4-7(8-6)5-9(2)3;2*1-2/h6-8H,4-5H2,1-3H3;2*1-2H3. The first-order valence-electron chi connectivity index (χ1n) is 5.59. The Morgan fingerprint density at radius 1 is 1.15 bits per heavy atom. The van der Waals surface area contributed by atoms with Gasteiger partial charge in [-0.2, -0.15) is 0 Å². The molecule has 0 saturated carbocycles. The lowest BCUT2D eigenvalue weighted by Gasteiger charge is -2.36. The number of likely N-dealkylation sites (N-methyl/N-ethyl adjacent to an activating group) is 1. The summed E-state index contributed by atoms with van der Waals surface area (Å²) in [5, 5.41) is 3.43. The van der Waals surface area contributed by atoms with E-state index in [1.807, 2.05) is 27.7 Å². The molecular formula is C11H28N2. The van der Waals surface area contributed by atoms with Crippen LogP contribution in [-0.2, 0) is 0 Å². The van der Waals surface area contributed by atoms with Gasteiger partial charge in [-0.25, -0.2) is 0 Å². The molecule has 1 fully saturated rings. The van der Waals surface area contributed by atoms with Crippen molar-refractivity contribution >= 4 is 0 Å². The summed E-state index contributed by atoms with van der Waals surface area (Å²) < 4.78 is 0. The van der Waals surface area contributed by atoms with Gasteiger partial charge in [-0.1, -0.05) is 27.7 Å². The third-order valence-electron chi connectivity index (χ3n) is 1.74. The van der Waals surface area contributed by atoms with Crippen LogP contribution in [-0.4, -0.2) is 37.6 Å². The quantitative estimate of drug-likeness (QED) is 0.715. The molecule has 1 N–H and O–H groups in total. The fourth-order valence-corrected chi connectivity index (χ4v) is 1.37. The van der Waals surface area contributed by atoms with E-state index in [-0.39, 0.29) is 0 Å². The van der Waals surface area contributed by atoms with Crippen molar-refractivity contribution < 1.29 is 0 Å². The first-order chi connectivity index (χ1) is 6.18. The number of hydrogen-bond donors (Lipinski definition) is 1. The number of nitrogens with one attached hydrogen (secondary N) is 1. The third kappa shape index (κ3) is 8.26. The van der Waals surface area contributed by atoms with Gasteiger partial charge in [0.05, 0.1) is 0 Å². The van der Waals surface area contributed by atoms with Crippen molar-refractivity contribution in [1.82, 2.24) is 10.2 Å². The average Bonchev–Trinajstić information content (AvgIpc) is 2.08. The second-order valence-electron chi connectivity index (χ2n) is 3.26. The van der Waals surface area contributed by atoms with Crippen LogP contribution >= 0.6 is 0 Å². The summed E-state index contributed by atoms with van der Waals surface area (Å²) in [7, 11) is 4.23. The van der Waals surface area contributed by atoms with E-state index in [1.165, 1.54) is 13.0 Å². The molecule has 0 aromatic rings. The molecule has 1 saturated heterocycles. The Labute approximate surface area is 84.7 Å². The van der Waals surface area contributed by atoms with Gasteiger partial charge >= 0.3 is 0 Å². The van der Waals surface area contributed by atoms with Gasteiger partial charge < -0.3 is 10.2 Å². The smallest absolute Gasteiger partial charge is 0.0211 e. The predicted molar refractivity (Wildman–Crippen MR) is 62.3 cm³/mol. The highest BCUT2D eigenvalue weighted by Gasteiger charge is 2.23. The maximum atomic E-state index is 3.43. The minimum atomic E-state index is 0.759. The largest absolute Gasteiger partial charge is 0.310 e. The van der Waals surface area contributed by atoms with Crippen molar-refractivity contribution in [2.24, 2.45) is 0 Å². The lowest BCUT2D eigenvalue weighted by atomic mass is 9.99. The van der Waals surface area contributed by atoms with Crippen molar-refractivity contribution in [2.75, 3.05) is 20.6 Å². The van der Waals surface area contributed by atoms with Crippen LogP contribution in [0, 0.1) is 0 Å². The molecule has 13 heavy (non-hydrogen) atoms. The van der Waals surface area contributed by atoms with Gasteiger partial charge in [0.25, 0.3) is 0 Å². The molecule has 1 aliphatic rings. The molecular weight excluding hydrogens is 160 g/mol. The summed E-state index contributed by atoms with van der Waals surface area (Å²) in [5.74, 6) is 0. The van der Waals surface area contributed by atoms with Crippen molar-refractivity contribution in [1.29, 1.82) is 0 Å². The van der Waals surface area contributed by atoms with Gasteiger partial charge in [0, 0.05) is 18.6 Å². The molecule has 82 valence electrons. The highest BCUT2D eigenvalue weighted by Crippen LogP contribution is 2.10. The Kier molecular flexibility index (Phi) is 11.8. The average molecular weight is 188 g/mol. The minimum Gasteiger partial charge on any atom is -0.310 e. The summed E-state index contributed by atoms with van der Waals surface area (Å²) in [5.41, 5.74) is 0. The number of nitrogens with zero attached hydrogens (tertiary/aromatic N) is 1. The van der Waals surface area contributed by atoms with Gasteiger partial charge in [0.1, 0.15) is 0 Å². The molecule has 1 rings (SSSR count). The monoisotopic (exact) mass is 188 g/mol. The molecule has 0 aliphatic carbocycles. The Bertz CT molecular complexity index is 86.1. The minimum absolute atomic E-state index is 0.759. The normalized spacial score (nSPS) is 24.9. The molecule has 0 bridgehead atoms. The molecule has 1 aliphatic heterocycles. The van der Waals surface area contributed by atoms with Crippen LogP contribution < -0.4 is 5.32 Å². The zero-order valence-electron chi connectivity index (χ0n) is 10.5. The molecule has 2 unspecified atom stereocenters. The van der Waals surface area contributed by atoms with Crippen LogP contribution in [0.15, 0.2) is 0 Å². The third-order valence-corrected chi connectivity index (χ3v) is 1.74. The van der Waals surface area contributed by atoms with Gasteiger partial charge in [0.15, 0.2) is 0 Å². The number of rotatable bonds is 2. The van der Waals surface area contributed by atoms with Crippen LogP contribution in [0.5, 0.6) is 0 Å². The predicted octanol–water partition coefficient (Wildman–Crippen LogP) is 2.35. The molecule has 0 spiro atoms. The van der Waals surface area contributed by atoms with E-state index in [9.17, 15) is 0 Å². The van der Waals surface area contributed by atoms with E-state index in [4.69, 9.17) is 0 Å². The summed E-state index contributed by atoms with van der Waals surface area (Å²) in [6.07, 6.45) is 1.35. The van der Waals surface area contributed by atoms with Crippen molar-refractivity contribution in [3.8, 4) is 0 Å². The highest BCUT2D eigenvalue weighted by atomic mass is 15.1. The van der Waals surface area contributed by atoms with E-state index in [0.717, 1.165) is 12.1 Å². The molecule has 2 nitrogen and oxygen atoms in total. The zero-order valence-corrected chi connectivity index (χ0v) is 10.5. The van der Waals surface area contributed by atoms with E-state index < -0.39 is 0 Å². The van der Waals surface area contributed by atoms with Gasteiger partial charge in [-0.15, -0.1) is 0 Å². The summed E-state index contributed by atoms with van der Waals surface area (Å²) in [4.78, 5) is 2.23. The summed E-state index contributed by atoms with van der Waals surface area (Å²) in [6.45, 7) is 11.4. The Morgan fingerprint density at radius 3 is 1.77 bits per heavy atom. The van der Waals surface area contributed by atoms with E-state index in [1.54, 1.807) is 0 Å². The van der Waals surface area contributed by atoms with Crippen molar-refractivity contribution in [2.45, 2.75) is 53.1 Å². The fraction of sp³-hybridized carbons (Fsp3) is 1.00. The van der Waals surface area contributed by atoms with Crippen LogP contribution in [0.4, 0.5) is 0 Å². The molecule has 0 aromatic carbocycles. The van der Waals surface area contributed by atoms with Gasteiger partial charge in [0.2, 0.25) is 0 Å². The first-order valence-corrected chi connectivity index (χ1v) is 5.59. The van der Waals surface area contributed by atoms with Gasteiger partial charge in [-0.05, 0) is 27.4 Å². The highest BCUT2D eigenvalue weighted by molar-refractivity contribution is 4.86. The second kappa shape index (κ2) is 10.0. The lowest BCUT2D eigenvalue weighted by Crippen LogP contribution is -2.54. The molecule has 0 radical (unpaired) electrons. The topological polar surface area (TPSA) is 15.3 Å². The van der Waals surface area contributed by atoms with Crippen LogP contribution in [0.2, 0.25) is 0 Å². The Hall–Kier alpha value is -0.0800. The summed E-state index contributed by atoms with van der Waals surface area (Å²) >= 11 is 0. The second-order valence-corrected chi connectivity index (χ2v) is 3.26. The zero-order chi connectivity index (χ0) is 10.9. The van der Waals surface area contributed by atoms with Crippen molar-refractivity contribution in [3.63, 3.8) is 0 Å². The first kappa shape index (κ1) is 15.4. The number of hydrogen-bond acceptors (Lipinski definition) is 2. The van der Waals surface area contributed by atoms with Crippen LogP contribution in [0.3, 0.4) is 0 Å². The maximum Gasteiger partial charge on any atom is 0.0211 e. The molecule has 2 atom stereocenters. The molecule has 1 heterocycles. The van der Waals surface area contributed by atoms with Crippen LogP contribution in [0.1, 0.15) is 41.0 Å². The Morgan fingerprint density at radius 2 is 1.54 bits per heavy atom. The SMILES string of the molecule is CC.CC.CC1CC(CN(C)C)N1. The van der Waals surface area contributed by atoms with Gasteiger partial charge in [-0.3, -0.25) is 0 Å². The maximum absolute atomic E-state index is 3.43. The van der Waals surface area contributed by atoms with Crippen molar-refractivity contribution in [3.05, 3.63) is 0 Å². The summed E-state index contributed by atoms with van der Waals surface area (Å²) in [6, 6.07) is 1.52. The molecule has 0 amide bonds.